The van der Waals surface area contributed by atoms with Crippen molar-refractivity contribution < 1.29 is 19.1 Å². The number of carbonyl (C=O) groups is 2. The molecule has 9 atom stereocenters. The molecular formula is C44H70N4O4. The zero-order valence-corrected chi connectivity index (χ0v) is 34.3. The second-order valence-corrected chi connectivity index (χ2v) is 20.1. The van der Waals surface area contributed by atoms with E-state index in [1.807, 2.05) is 20.8 Å². The fraction of sp³-hybridized carbons (Fsp3) is 0.818. The minimum atomic E-state index is -0.586. The van der Waals surface area contributed by atoms with Gasteiger partial charge in [0, 0.05) is 5.41 Å². The summed E-state index contributed by atoms with van der Waals surface area (Å²) in [4.78, 5) is 37.1. The van der Waals surface area contributed by atoms with Crippen molar-refractivity contribution in [1.82, 2.24) is 9.97 Å². The van der Waals surface area contributed by atoms with E-state index in [-0.39, 0.29) is 57.6 Å². The SMILES string of the molecule is Cc1nc(C)c(COC(=O)[C@]23CCC(C)(C)C[C@H]2C2=CC[C@@H]4[C@@]5(C)CC[C@H](OC(=O)[C@@H](N)CCCCN)C(C)(C)[C@@H]5CC[C@@]4(C)[C@]2(C)CC3)nc1C. The van der Waals surface area contributed by atoms with Crippen LogP contribution in [0, 0.1) is 71.0 Å². The highest BCUT2D eigenvalue weighted by molar-refractivity contribution is 5.79. The number of fused-ring (bicyclic) bond motifs is 7. The third-order valence-corrected chi connectivity index (χ3v) is 16.4. The van der Waals surface area contributed by atoms with Gasteiger partial charge in [-0.2, -0.15) is 0 Å². The van der Waals surface area contributed by atoms with Crippen LogP contribution in [0.5, 0.6) is 0 Å². The van der Waals surface area contributed by atoms with Gasteiger partial charge in [0.25, 0.3) is 0 Å². The Morgan fingerprint density at radius 2 is 1.56 bits per heavy atom. The number of nitrogens with two attached hydrogens (primary N) is 2. The monoisotopic (exact) mass is 719 g/mol. The number of nitrogens with zero attached hydrogens (tertiary/aromatic N) is 2. The number of ether oxygens (including phenoxy) is 2. The van der Waals surface area contributed by atoms with Gasteiger partial charge < -0.3 is 20.9 Å². The number of hydrogen-bond acceptors (Lipinski definition) is 8. The lowest BCUT2D eigenvalue weighted by atomic mass is 9.33. The van der Waals surface area contributed by atoms with Crippen LogP contribution in [0.25, 0.3) is 0 Å². The van der Waals surface area contributed by atoms with Crippen LogP contribution in [0.3, 0.4) is 0 Å². The van der Waals surface area contributed by atoms with Gasteiger partial charge in [0.2, 0.25) is 0 Å². The van der Waals surface area contributed by atoms with E-state index in [4.69, 9.17) is 25.9 Å². The smallest absolute Gasteiger partial charge is 0.323 e. The van der Waals surface area contributed by atoms with Gasteiger partial charge in [-0.05, 0) is 144 Å². The lowest BCUT2D eigenvalue weighted by Crippen LogP contribution is -2.65. The molecule has 0 aliphatic heterocycles. The molecule has 0 amide bonds. The molecule has 1 aromatic rings. The van der Waals surface area contributed by atoms with Crippen molar-refractivity contribution in [2.24, 2.45) is 61.7 Å². The molecule has 4 saturated carbocycles. The Labute approximate surface area is 314 Å². The van der Waals surface area contributed by atoms with Crippen molar-refractivity contribution in [3.63, 3.8) is 0 Å². The topological polar surface area (TPSA) is 130 Å². The van der Waals surface area contributed by atoms with Gasteiger partial charge in [0.05, 0.1) is 28.2 Å². The molecule has 290 valence electrons. The van der Waals surface area contributed by atoms with Crippen LogP contribution >= 0.6 is 0 Å². The van der Waals surface area contributed by atoms with Gasteiger partial charge in [-0.25, -0.2) is 0 Å². The number of esters is 2. The molecule has 0 saturated heterocycles. The molecule has 6 rings (SSSR count). The second kappa shape index (κ2) is 13.8. The van der Waals surface area contributed by atoms with Crippen molar-refractivity contribution in [1.29, 1.82) is 0 Å². The summed E-state index contributed by atoms with van der Waals surface area (Å²) in [5, 5.41) is 0. The predicted octanol–water partition coefficient (Wildman–Crippen LogP) is 8.61. The third kappa shape index (κ3) is 6.27. The van der Waals surface area contributed by atoms with E-state index in [1.165, 1.54) is 5.57 Å². The highest BCUT2D eigenvalue weighted by Gasteiger charge is 2.69. The Kier molecular flexibility index (Phi) is 10.4. The molecule has 4 fully saturated rings. The second-order valence-electron chi connectivity index (χ2n) is 20.1. The number of allylic oxidation sites excluding steroid dienone is 2. The van der Waals surface area contributed by atoms with Crippen LogP contribution in [-0.2, 0) is 25.7 Å². The van der Waals surface area contributed by atoms with Crippen molar-refractivity contribution in [2.45, 2.75) is 171 Å². The maximum Gasteiger partial charge on any atom is 0.323 e. The summed E-state index contributed by atoms with van der Waals surface area (Å²) < 4.78 is 12.6. The Hall–Kier alpha value is -2.32. The lowest BCUT2D eigenvalue weighted by molar-refractivity contribution is -0.215. The first-order chi connectivity index (χ1) is 24.3. The Bertz CT molecular complexity index is 1590. The van der Waals surface area contributed by atoms with E-state index in [2.05, 4.69) is 59.5 Å². The quantitative estimate of drug-likeness (QED) is 0.148. The maximum absolute atomic E-state index is 14.5. The van der Waals surface area contributed by atoms with Gasteiger partial charge in [0.15, 0.2) is 0 Å². The number of unbranched alkanes of at least 4 members (excludes halogenated alkanes) is 1. The molecule has 5 aliphatic carbocycles. The average molecular weight is 719 g/mol. The van der Waals surface area contributed by atoms with E-state index in [0.29, 0.717) is 24.8 Å². The van der Waals surface area contributed by atoms with Crippen LogP contribution in [0.15, 0.2) is 11.6 Å². The van der Waals surface area contributed by atoms with E-state index >= 15 is 0 Å². The van der Waals surface area contributed by atoms with Gasteiger partial charge in [-0.1, -0.05) is 66.5 Å². The van der Waals surface area contributed by atoms with E-state index in [1.54, 1.807) is 0 Å². The standard InChI is InChI=1S/C44H70N4O4/c1-27-28(2)48-33(29(3)47-27)26-51-38(50)44-22-20-39(4,5)25-31(44)30-14-15-35-41(8)18-17-36(52-37(49)32(46)13-11-12-24-45)40(6,7)34(41)16-19-43(35,10)42(30,9)21-23-44/h14,31-32,34-36H,11-13,15-26,45-46H2,1-10H3/t31-,32-,34-,35+,36-,41-,42+,43+,44-/m0/s1. The summed E-state index contributed by atoms with van der Waals surface area (Å²) >= 11 is 0. The zero-order chi connectivity index (χ0) is 38.1. The first kappa shape index (κ1) is 39.4. The minimum Gasteiger partial charge on any atom is -0.461 e. The number of aromatic nitrogens is 2. The van der Waals surface area contributed by atoms with Crippen LogP contribution in [0.4, 0.5) is 0 Å². The van der Waals surface area contributed by atoms with Gasteiger partial charge in [0.1, 0.15) is 18.8 Å². The maximum atomic E-state index is 14.5. The number of rotatable bonds is 9. The predicted molar refractivity (Wildman–Crippen MR) is 206 cm³/mol. The van der Waals surface area contributed by atoms with Crippen LogP contribution in [-0.4, -0.2) is 40.6 Å². The first-order valence-electron chi connectivity index (χ1n) is 20.6. The summed E-state index contributed by atoms with van der Waals surface area (Å²) in [5.41, 5.74) is 16.7. The Morgan fingerprint density at radius 3 is 2.27 bits per heavy atom. The number of aryl methyl sites for hydroxylation is 3. The van der Waals surface area contributed by atoms with Crippen molar-refractivity contribution >= 4 is 11.9 Å². The normalized spacial score (nSPS) is 38.0. The van der Waals surface area contributed by atoms with Crippen molar-refractivity contribution in [3.8, 4) is 0 Å². The number of carbonyl (C=O) groups excluding carboxylic acids is 2. The fourth-order valence-electron chi connectivity index (χ4n) is 12.8. The molecule has 0 bridgehead atoms. The fourth-order valence-corrected chi connectivity index (χ4v) is 12.8. The summed E-state index contributed by atoms with van der Waals surface area (Å²) in [5.74, 6) is 0.850. The van der Waals surface area contributed by atoms with Crippen molar-refractivity contribution in [3.05, 3.63) is 34.4 Å². The average Bonchev–Trinajstić information content (AvgIpc) is 3.07. The summed E-state index contributed by atoms with van der Waals surface area (Å²) in [6.45, 7) is 23.9. The Balaban J connectivity index is 1.26. The molecule has 8 heteroatoms. The molecule has 1 heterocycles. The molecule has 0 unspecified atom stereocenters. The third-order valence-electron chi connectivity index (χ3n) is 16.4. The molecule has 0 aromatic carbocycles. The van der Waals surface area contributed by atoms with Crippen LogP contribution < -0.4 is 11.5 Å². The molecular weight excluding hydrogens is 649 g/mol. The Morgan fingerprint density at radius 1 is 0.865 bits per heavy atom. The van der Waals surface area contributed by atoms with E-state index < -0.39 is 11.5 Å². The summed E-state index contributed by atoms with van der Waals surface area (Å²) in [7, 11) is 0. The highest BCUT2D eigenvalue weighted by Crippen LogP contribution is 2.76. The zero-order valence-electron chi connectivity index (χ0n) is 34.3. The summed E-state index contributed by atoms with van der Waals surface area (Å²) in [6.07, 6.45) is 14.9. The molecule has 0 radical (unpaired) electrons. The minimum absolute atomic E-state index is 0.00561. The molecule has 52 heavy (non-hydrogen) atoms. The molecule has 1 aromatic heterocycles. The van der Waals surface area contributed by atoms with Crippen molar-refractivity contribution in [2.75, 3.05) is 6.54 Å². The number of hydrogen-bond donors (Lipinski definition) is 2. The highest BCUT2D eigenvalue weighted by atomic mass is 16.5. The first-order valence-corrected chi connectivity index (χ1v) is 20.6. The molecule has 5 aliphatic rings. The largest absolute Gasteiger partial charge is 0.461 e. The van der Waals surface area contributed by atoms with Crippen LogP contribution in [0.1, 0.15) is 155 Å². The molecule has 0 spiro atoms. The van der Waals surface area contributed by atoms with E-state index in [9.17, 15) is 9.59 Å². The van der Waals surface area contributed by atoms with Crippen LogP contribution in [0.2, 0.25) is 0 Å². The lowest BCUT2D eigenvalue weighted by Gasteiger charge is -2.71. The van der Waals surface area contributed by atoms with Gasteiger partial charge in [-0.3, -0.25) is 19.6 Å². The molecule has 8 nitrogen and oxygen atoms in total. The molecule has 4 N–H and O–H groups in total. The van der Waals surface area contributed by atoms with E-state index in [0.717, 1.165) is 99.8 Å². The summed E-state index contributed by atoms with van der Waals surface area (Å²) in [6, 6.07) is -0.586. The van der Waals surface area contributed by atoms with Gasteiger partial charge >= 0.3 is 11.9 Å². The van der Waals surface area contributed by atoms with Gasteiger partial charge in [-0.15, -0.1) is 0 Å².